The summed E-state index contributed by atoms with van der Waals surface area (Å²) < 4.78 is 1.78. The fourth-order valence-electron chi connectivity index (χ4n) is 1.82. The smallest absolute Gasteiger partial charge is 0.237 e. The number of nitrogens with one attached hydrogen (secondary N) is 1. The first-order valence-electron chi connectivity index (χ1n) is 5.08. The van der Waals surface area contributed by atoms with Crippen molar-refractivity contribution in [1.82, 2.24) is 14.9 Å². The molecule has 0 atom stereocenters. The van der Waals surface area contributed by atoms with E-state index >= 15 is 0 Å². The molecule has 0 aliphatic carbocycles. The van der Waals surface area contributed by atoms with E-state index in [1.54, 1.807) is 10.8 Å². The molecule has 5 nitrogen and oxygen atoms in total. The fourth-order valence-corrected chi connectivity index (χ4v) is 1.82. The predicted molar refractivity (Wildman–Crippen MR) is 61.7 cm³/mol. The van der Waals surface area contributed by atoms with Gasteiger partial charge in [-0.1, -0.05) is 0 Å². The van der Waals surface area contributed by atoms with Crippen LogP contribution in [0.2, 0.25) is 0 Å². The first kappa shape index (κ1) is 10.6. The monoisotopic (exact) mass is 218 g/mol. The van der Waals surface area contributed by atoms with Crippen LogP contribution in [0.4, 0.5) is 0 Å². The van der Waals surface area contributed by atoms with Gasteiger partial charge < -0.3 is 15.6 Å². The molecule has 0 aliphatic rings. The molecule has 2 aromatic rings. The Morgan fingerprint density at radius 1 is 1.62 bits per heavy atom. The number of hydrogen-bond acceptors (Lipinski definition) is 3. The highest BCUT2D eigenvalue weighted by molar-refractivity contribution is 5.82. The second-order valence-electron chi connectivity index (χ2n) is 3.65. The van der Waals surface area contributed by atoms with Gasteiger partial charge in [-0.25, -0.2) is 4.98 Å². The molecular formula is C11H14N4O. The second kappa shape index (κ2) is 4.32. The predicted octanol–water partition coefficient (Wildman–Crippen LogP) is 0.241. The SMILES string of the molecule is CNCc1cn(CC(N)=O)c2ncccc12. The third kappa shape index (κ3) is 1.90. The molecule has 84 valence electrons. The Bertz CT molecular complexity index is 518. The molecule has 3 N–H and O–H groups in total. The van der Waals surface area contributed by atoms with Gasteiger partial charge in [0.1, 0.15) is 12.2 Å². The van der Waals surface area contributed by atoms with Crippen molar-refractivity contribution in [3.8, 4) is 0 Å². The van der Waals surface area contributed by atoms with Crippen molar-refractivity contribution < 1.29 is 4.79 Å². The highest BCUT2D eigenvalue weighted by atomic mass is 16.1. The first-order valence-corrected chi connectivity index (χ1v) is 5.08. The lowest BCUT2D eigenvalue weighted by molar-refractivity contribution is -0.118. The molecule has 5 heteroatoms. The summed E-state index contributed by atoms with van der Waals surface area (Å²) in [6, 6.07) is 3.88. The van der Waals surface area contributed by atoms with Crippen molar-refractivity contribution >= 4 is 16.9 Å². The Hall–Kier alpha value is -1.88. The number of primary amides is 1. The molecule has 0 saturated carbocycles. The number of carbonyl (C=O) groups is 1. The van der Waals surface area contributed by atoms with Crippen LogP contribution in [0.5, 0.6) is 0 Å². The summed E-state index contributed by atoms with van der Waals surface area (Å²) in [6.45, 7) is 0.908. The topological polar surface area (TPSA) is 72.9 Å². The van der Waals surface area contributed by atoms with Crippen LogP contribution < -0.4 is 11.1 Å². The third-order valence-electron chi connectivity index (χ3n) is 2.41. The maximum atomic E-state index is 10.9. The zero-order valence-electron chi connectivity index (χ0n) is 9.10. The number of nitrogens with zero attached hydrogens (tertiary/aromatic N) is 2. The van der Waals surface area contributed by atoms with Gasteiger partial charge in [0.05, 0.1) is 0 Å². The number of carbonyl (C=O) groups excluding carboxylic acids is 1. The number of aromatic nitrogens is 2. The summed E-state index contributed by atoms with van der Waals surface area (Å²) in [5.41, 5.74) is 7.11. The number of rotatable bonds is 4. The Labute approximate surface area is 93.3 Å². The van der Waals surface area contributed by atoms with E-state index in [0.29, 0.717) is 0 Å². The van der Waals surface area contributed by atoms with E-state index in [9.17, 15) is 4.79 Å². The van der Waals surface area contributed by atoms with Crippen molar-refractivity contribution in [2.24, 2.45) is 5.73 Å². The molecule has 0 bridgehead atoms. The van der Waals surface area contributed by atoms with Gasteiger partial charge >= 0.3 is 0 Å². The largest absolute Gasteiger partial charge is 0.368 e. The van der Waals surface area contributed by atoms with Crippen molar-refractivity contribution in [3.05, 3.63) is 30.1 Å². The van der Waals surface area contributed by atoms with Gasteiger partial charge in [-0.15, -0.1) is 0 Å². The molecule has 1 amide bonds. The van der Waals surface area contributed by atoms with Crippen molar-refractivity contribution in [2.45, 2.75) is 13.1 Å². The Morgan fingerprint density at radius 2 is 2.44 bits per heavy atom. The summed E-state index contributed by atoms with van der Waals surface area (Å²) >= 11 is 0. The number of nitrogens with two attached hydrogens (primary N) is 1. The minimum Gasteiger partial charge on any atom is -0.368 e. The molecule has 0 aromatic carbocycles. The van der Waals surface area contributed by atoms with Gasteiger partial charge in [0, 0.05) is 24.3 Å². The van der Waals surface area contributed by atoms with Crippen LogP contribution in [0.3, 0.4) is 0 Å². The van der Waals surface area contributed by atoms with E-state index in [2.05, 4.69) is 10.3 Å². The van der Waals surface area contributed by atoms with Gasteiger partial charge in [-0.05, 0) is 24.7 Å². The molecule has 2 heterocycles. The van der Waals surface area contributed by atoms with Crippen LogP contribution in [-0.4, -0.2) is 22.5 Å². The summed E-state index contributed by atoms with van der Waals surface area (Å²) in [7, 11) is 1.88. The highest BCUT2D eigenvalue weighted by Crippen LogP contribution is 2.18. The van der Waals surface area contributed by atoms with E-state index in [4.69, 9.17) is 5.73 Å². The Kier molecular flexibility index (Phi) is 2.87. The molecule has 0 fully saturated rings. The molecular weight excluding hydrogens is 204 g/mol. The summed E-state index contributed by atoms with van der Waals surface area (Å²) in [5, 5.41) is 4.14. The first-order chi connectivity index (χ1) is 7.72. The molecule has 0 spiro atoms. The van der Waals surface area contributed by atoms with Crippen LogP contribution >= 0.6 is 0 Å². The van der Waals surface area contributed by atoms with E-state index in [0.717, 1.165) is 23.1 Å². The maximum absolute atomic E-state index is 10.9. The highest BCUT2D eigenvalue weighted by Gasteiger charge is 2.09. The zero-order chi connectivity index (χ0) is 11.5. The molecule has 0 aliphatic heterocycles. The Morgan fingerprint density at radius 3 is 3.12 bits per heavy atom. The van der Waals surface area contributed by atoms with Crippen LogP contribution in [0.25, 0.3) is 11.0 Å². The van der Waals surface area contributed by atoms with Crippen molar-refractivity contribution in [2.75, 3.05) is 7.05 Å². The van der Waals surface area contributed by atoms with E-state index in [-0.39, 0.29) is 12.5 Å². The number of fused-ring (bicyclic) bond motifs is 1. The summed E-state index contributed by atoms with van der Waals surface area (Å²) in [5.74, 6) is -0.362. The fraction of sp³-hybridized carbons (Fsp3) is 0.273. The minimum atomic E-state index is -0.362. The normalized spacial score (nSPS) is 10.8. The van der Waals surface area contributed by atoms with Crippen molar-refractivity contribution in [1.29, 1.82) is 0 Å². The number of pyridine rings is 1. The summed E-state index contributed by atoms with van der Waals surface area (Å²) in [6.07, 6.45) is 3.63. The van der Waals surface area contributed by atoms with E-state index < -0.39 is 0 Å². The zero-order valence-corrected chi connectivity index (χ0v) is 9.10. The lowest BCUT2D eigenvalue weighted by Crippen LogP contribution is -2.18. The molecule has 0 unspecified atom stereocenters. The Balaban J connectivity index is 2.52. The third-order valence-corrected chi connectivity index (χ3v) is 2.41. The number of amides is 1. The molecule has 16 heavy (non-hydrogen) atoms. The van der Waals surface area contributed by atoms with Crippen LogP contribution in [0.15, 0.2) is 24.5 Å². The second-order valence-corrected chi connectivity index (χ2v) is 3.65. The average Bonchev–Trinajstić information content (AvgIpc) is 2.58. The van der Waals surface area contributed by atoms with Gasteiger partial charge in [-0.2, -0.15) is 0 Å². The standard InChI is InChI=1S/C11H14N4O/c1-13-5-8-6-15(7-10(12)16)11-9(8)3-2-4-14-11/h2-4,6,13H,5,7H2,1H3,(H2,12,16). The lowest BCUT2D eigenvalue weighted by atomic mass is 10.2. The van der Waals surface area contributed by atoms with Gasteiger partial charge in [-0.3, -0.25) is 4.79 Å². The van der Waals surface area contributed by atoms with E-state index in [1.807, 2.05) is 25.4 Å². The van der Waals surface area contributed by atoms with Crippen LogP contribution in [0.1, 0.15) is 5.56 Å². The minimum absolute atomic E-state index is 0.164. The van der Waals surface area contributed by atoms with Crippen molar-refractivity contribution in [3.63, 3.8) is 0 Å². The average molecular weight is 218 g/mol. The van der Waals surface area contributed by atoms with Gasteiger partial charge in [0.2, 0.25) is 5.91 Å². The molecule has 2 aromatic heterocycles. The summed E-state index contributed by atoms with van der Waals surface area (Å²) in [4.78, 5) is 15.2. The molecule has 0 radical (unpaired) electrons. The van der Waals surface area contributed by atoms with Gasteiger partial charge in [0.25, 0.3) is 0 Å². The quantitative estimate of drug-likeness (QED) is 0.772. The lowest BCUT2D eigenvalue weighted by Gasteiger charge is -1.99. The van der Waals surface area contributed by atoms with Crippen LogP contribution in [-0.2, 0) is 17.9 Å². The van der Waals surface area contributed by atoms with Crippen LogP contribution in [0, 0.1) is 0 Å². The van der Waals surface area contributed by atoms with Gasteiger partial charge in [0.15, 0.2) is 0 Å². The van der Waals surface area contributed by atoms with E-state index in [1.165, 1.54) is 0 Å². The maximum Gasteiger partial charge on any atom is 0.237 e. The number of hydrogen-bond donors (Lipinski definition) is 2. The molecule has 0 saturated heterocycles. The molecule has 2 rings (SSSR count).